The maximum Gasteiger partial charge on any atom is 0.226 e. The van der Waals surface area contributed by atoms with Crippen molar-refractivity contribution in [3.63, 3.8) is 0 Å². The van der Waals surface area contributed by atoms with E-state index in [-0.39, 0.29) is 24.4 Å². The van der Waals surface area contributed by atoms with E-state index in [9.17, 15) is 4.79 Å². The third-order valence-electron chi connectivity index (χ3n) is 3.97. The predicted molar refractivity (Wildman–Crippen MR) is 91.8 cm³/mol. The van der Waals surface area contributed by atoms with Gasteiger partial charge in [-0.05, 0) is 43.0 Å². The van der Waals surface area contributed by atoms with Gasteiger partial charge in [0.05, 0.1) is 13.0 Å². The van der Waals surface area contributed by atoms with Crippen molar-refractivity contribution in [3.05, 3.63) is 29.3 Å². The first-order valence-electron chi connectivity index (χ1n) is 7.48. The third kappa shape index (κ3) is 5.34. The monoisotopic (exact) mass is 346 g/mol. The van der Waals surface area contributed by atoms with Crippen molar-refractivity contribution in [2.75, 3.05) is 19.7 Å². The number of piperidine rings is 1. The molecule has 0 saturated carbocycles. The lowest BCUT2D eigenvalue weighted by Crippen LogP contribution is -2.49. The molecule has 2 N–H and O–H groups in total. The minimum absolute atomic E-state index is 0. The molecule has 2 unspecified atom stereocenters. The Hall–Kier alpha value is -0.970. The summed E-state index contributed by atoms with van der Waals surface area (Å²) in [7, 11) is 0. The summed E-state index contributed by atoms with van der Waals surface area (Å²) in [5, 5.41) is 0.673. The van der Waals surface area contributed by atoms with Crippen LogP contribution in [0.5, 0.6) is 5.75 Å². The van der Waals surface area contributed by atoms with Crippen LogP contribution in [-0.4, -0.2) is 36.5 Å². The molecule has 1 saturated heterocycles. The molecule has 1 aromatic carbocycles. The minimum atomic E-state index is 0. The smallest absolute Gasteiger partial charge is 0.226 e. The van der Waals surface area contributed by atoms with Gasteiger partial charge in [0, 0.05) is 24.2 Å². The van der Waals surface area contributed by atoms with Crippen LogP contribution in [0.2, 0.25) is 5.02 Å². The van der Waals surface area contributed by atoms with Crippen LogP contribution in [0.15, 0.2) is 24.3 Å². The number of hydrogen-bond donors (Lipinski definition) is 1. The molecule has 2 atom stereocenters. The largest absolute Gasteiger partial charge is 0.493 e. The number of nitrogens with zero attached hydrogens (tertiary/aromatic N) is 1. The first-order valence-corrected chi connectivity index (χ1v) is 7.86. The zero-order chi connectivity index (χ0) is 15.2. The molecular weight excluding hydrogens is 323 g/mol. The molecule has 22 heavy (non-hydrogen) atoms. The maximum absolute atomic E-state index is 12.3. The predicted octanol–water partition coefficient (Wildman–Crippen LogP) is 3.12. The summed E-state index contributed by atoms with van der Waals surface area (Å²) in [6, 6.07) is 7.33. The van der Waals surface area contributed by atoms with Crippen molar-refractivity contribution in [2.24, 2.45) is 11.7 Å². The molecule has 0 bridgehead atoms. The van der Waals surface area contributed by atoms with E-state index in [1.54, 1.807) is 24.3 Å². The van der Waals surface area contributed by atoms with E-state index in [0.29, 0.717) is 30.5 Å². The van der Waals surface area contributed by atoms with Gasteiger partial charge in [-0.25, -0.2) is 0 Å². The second-order valence-electron chi connectivity index (χ2n) is 5.66. The number of ether oxygens (including phenoxy) is 1. The van der Waals surface area contributed by atoms with E-state index in [0.717, 1.165) is 25.1 Å². The normalized spacial score (nSPS) is 21.1. The summed E-state index contributed by atoms with van der Waals surface area (Å²) >= 11 is 5.81. The van der Waals surface area contributed by atoms with Crippen molar-refractivity contribution in [1.29, 1.82) is 0 Å². The fraction of sp³-hybridized carbons (Fsp3) is 0.562. The van der Waals surface area contributed by atoms with Gasteiger partial charge in [0.2, 0.25) is 5.91 Å². The Bertz CT molecular complexity index is 468. The molecule has 1 amide bonds. The van der Waals surface area contributed by atoms with Gasteiger partial charge in [-0.1, -0.05) is 18.5 Å². The minimum Gasteiger partial charge on any atom is -0.493 e. The highest BCUT2D eigenvalue weighted by molar-refractivity contribution is 6.30. The Kier molecular flexibility index (Phi) is 8.01. The maximum atomic E-state index is 12.3. The van der Waals surface area contributed by atoms with E-state index in [1.807, 2.05) is 4.90 Å². The van der Waals surface area contributed by atoms with Gasteiger partial charge < -0.3 is 15.4 Å². The highest BCUT2D eigenvalue weighted by Gasteiger charge is 2.28. The van der Waals surface area contributed by atoms with Crippen LogP contribution in [0, 0.1) is 5.92 Å². The number of carbonyl (C=O) groups excluding carboxylic acids is 1. The van der Waals surface area contributed by atoms with Crippen LogP contribution >= 0.6 is 24.0 Å². The standard InChI is InChI=1S/C16H23ClN2O2.ClH/c1-12-6-8-19(14(10-12)11-18)16(20)7-9-21-15-4-2-13(17)3-5-15;/h2-5,12,14H,6-11,18H2,1H3;1H. The molecule has 6 heteroatoms. The second kappa shape index (κ2) is 9.23. The van der Waals surface area contributed by atoms with Crippen molar-refractivity contribution >= 4 is 29.9 Å². The molecule has 1 fully saturated rings. The Balaban J connectivity index is 0.00000242. The van der Waals surface area contributed by atoms with Crippen molar-refractivity contribution in [3.8, 4) is 5.75 Å². The Labute approximate surface area is 143 Å². The van der Waals surface area contributed by atoms with Crippen LogP contribution in [0.4, 0.5) is 0 Å². The highest BCUT2D eigenvalue weighted by Crippen LogP contribution is 2.22. The van der Waals surface area contributed by atoms with E-state index in [4.69, 9.17) is 22.1 Å². The van der Waals surface area contributed by atoms with Crippen LogP contribution in [-0.2, 0) is 4.79 Å². The van der Waals surface area contributed by atoms with E-state index < -0.39 is 0 Å². The first-order chi connectivity index (χ1) is 10.1. The van der Waals surface area contributed by atoms with Gasteiger partial charge >= 0.3 is 0 Å². The van der Waals surface area contributed by atoms with Crippen LogP contribution in [0.3, 0.4) is 0 Å². The van der Waals surface area contributed by atoms with Gasteiger partial charge in [0.25, 0.3) is 0 Å². The average molecular weight is 347 g/mol. The molecule has 1 aliphatic rings. The Morgan fingerprint density at radius 3 is 2.73 bits per heavy atom. The van der Waals surface area contributed by atoms with Gasteiger partial charge in [-0.2, -0.15) is 0 Å². The van der Waals surface area contributed by atoms with Crippen LogP contribution < -0.4 is 10.5 Å². The fourth-order valence-electron chi connectivity index (χ4n) is 2.73. The number of carbonyl (C=O) groups is 1. The van der Waals surface area contributed by atoms with Gasteiger partial charge in [0.15, 0.2) is 0 Å². The van der Waals surface area contributed by atoms with Crippen LogP contribution in [0.25, 0.3) is 0 Å². The molecule has 4 nitrogen and oxygen atoms in total. The number of nitrogens with two attached hydrogens (primary N) is 1. The van der Waals surface area contributed by atoms with Crippen molar-refractivity contribution < 1.29 is 9.53 Å². The summed E-state index contributed by atoms with van der Waals surface area (Å²) in [4.78, 5) is 14.2. The lowest BCUT2D eigenvalue weighted by atomic mass is 9.92. The molecule has 0 spiro atoms. The Morgan fingerprint density at radius 1 is 1.41 bits per heavy atom. The van der Waals surface area contributed by atoms with E-state index in [1.165, 1.54) is 0 Å². The first kappa shape index (κ1) is 19.1. The zero-order valence-electron chi connectivity index (χ0n) is 12.8. The number of likely N-dealkylation sites (tertiary alicyclic amines) is 1. The summed E-state index contributed by atoms with van der Waals surface area (Å²) in [5.74, 6) is 1.51. The molecule has 0 radical (unpaired) electrons. The van der Waals surface area contributed by atoms with Crippen molar-refractivity contribution in [1.82, 2.24) is 4.90 Å². The van der Waals surface area contributed by atoms with Gasteiger partial charge in [0.1, 0.15) is 5.75 Å². The van der Waals surface area contributed by atoms with E-state index >= 15 is 0 Å². The number of halogens is 2. The summed E-state index contributed by atoms with van der Waals surface area (Å²) in [5.41, 5.74) is 5.79. The molecule has 1 aliphatic heterocycles. The average Bonchev–Trinajstić information content (AvgIpc) is 2.49. The highest BCUT2D eigenvalue weighted by atomic mass is 35.5. The molecule has 1 aromatic rings. The molecular formula is C16H24Cl2N2O2. The van der Waals surface area contributed by atoms with E-state index in [2.05, 4.69) is 6.92 Å². The topological polar surface area (TPSA) is 55.6 Å². The molecule has 0 aliphatic carbocycles. The van der Waals surface area contributed by atoms with Crippen molar-refractivity contribution in [2.45, 2.75) is 32.2 Å². The summed E-state index contributed by atoms with van der Waals surface area (Å²) in [6.07, 6.45) is 2.44. The number of hydrogen-bond acceptors (Lipinski definition) is 3. The summed E-state index contributed by atoms with van der Waals surface area (Å²) in [6.45, 7) is 3.94. The van der Waals surface area contributed by atoms with Crippen LogP contribution in [0.1, 0.15) is 26.2 Å². The lowest BCUT2D eigenvalue weighted by Gasteiger charge is -2.38. The molecule has 2 rings (SSSR count). The summed E-state index contributed by atoms with van der Waals surface area (Å²) < 4.78 is 5.58. The quantitative estimate of drug-likeness (QED) is 0.890. The second-order valence-corrected chi connectivity index (χ2v) is 6.10. The Morgan fingerprint density at radius 2 is 2.09 bits per heavy atom. The SMILES string of the molecule is CC1CCN(C(=O)CCOc2ccc(Cl)cc2)C(CN)C1.Cl. The molecule has 124 valence electrons. The fourth-order valence-corrected chi connectivity index (χ4v) is 2.86. The third-order valence-corrected chi connectivity index (χ3v) is 4.22. The zero-order valence-corrected chi connectivity index (χ0v) is 14.4. The number of benzene rings is 1. The molecule has 0 aromatic heterocycles. The number of rotatable bonds is 5. The van der Waals surface area contributed by atoms with Gasteiger partial charge in [-0.3, -0.25) is 4.79 Å². The molecule has 1 heterocycles. The lowest BCUT2D eigenvalue weighted by molar-refractivity contribution is -0.135. The number of amides is 1. The van der Waals surface area contributed by atoms with Gasteiger partial charge in [-0.15, -0.1) is 12.4 Å².